The lowest BCUT2D eigenvalue weighted by molar-refractivity contribution is 0.0136. The number of nitrogens with zero attached hydrogens (tertiary/aromatic N) is 1. The van der Waals surface area contributed by atoms with Gasteiger partial charge in [-0.2, -0.15) is 5.26 Å². The molecule has 0 fully saturated rings. The normalized spacial score (nSPS) is 20.3. The Morgan fingerprint density at radius 1 is 1.00 bits per heavy atom. The van der Waals surface area contributed by atoms with Crippen LogP contribution in [0.15, 0.2) is 96.4 Å². The molecule has 2 N–H and O–H groups in total. The summed E-state index contributed by atoms with van der Waals surface area (Å²) >= 11 is 0. The van der Waals surface area contributed by atoms with E-state index in [1.807, 2.05) is 48.5 Å². The van der Waals surface area contributed by atoms with Crippen molar-refractivity contribution in [2.24, 2.45) is 5.73 Å². The molecule has 0 saturated carbocycles. The third-order valence-electron chi connectivity index (χ3n) is 5.38. The lowest BCUT2D eigenvalue weighted by Gasteiger charge is -2.34. The zero-order chi connectivity index (χ0) is 21.1. The van der Waals surface area contributed by atoms with Crippen LogP contribution in [0.5, 0.6) is 5.75 Å². The Balaban J connectivity index is 1.98. The van der Waals surface area contributed by atoms with Gasteiger partial charge in [0.2, 0.25) is 17.3 Å². The summed E-state index contributed by atoms with van der Waals surface area (Å²) < 4.78 is 11.4. The van der Waals surface area contributed by atoms with E-state index in [0.29, 0.717) is 16.9 Å². The molecule has 1 aliphatic rings. The molecule has 30 heavy (non-hydrogen) atoms. The molecule has 0 amide bonds. The number of hydrogen-bond donors (Lipinski definition) is 1. The van der Waals surface area contributed by atoms with Gasteiger partial charge in [0.25, 0.3) is 0 Å². The maximum Gasteiger partial charge on any atom is 0.212 e. The van der Waals surface area contributed by atoms with Gasteiger partial charge in [-0.15, -0.1) is 0 Å². The van der Waals surface area contributed by atoms with Crippen molar-refractivity contribution in [2.45, 2.75) is 11.5 Å². The molecule has 1 heterocycles. The number of carbonyl (C=O) groups is 1. The molecular formula is C25H20N2O3. The predicted octanol–water partition coefficient (Wildman–Crippen LogP) is 4.28. The lowest BCUT2D eigenvalue weighted by Crippen LogP contribution is -2.41. The molecule has 0 aromatic heterocycles. The Morgan fingerprint density at radius 3 is 2.17 bits per heavy atom. The van der Waals surface area contributed by atoms with Crippen LogP contribution < -0.4 is 10.5 Å². The number of ketones is 1. The Labute approximate surface area is 175 Å². The molecule has 0 radical (unpaired) electrons. The van der Waals surface area contributed by atoms with E-state index in [1.54, 1.807) is 43.5 Å². The summed E-state index contributed by atoms with van der Waals surface area (Å²) in [7, 11) is 1.58. The average molecular weight is 396 g/mol. The highest BCUT2D eigenvalue weighted by Crippen LogP contribution is 2.52. The summed E-state index contributed by atoms with van der Waals surface area (Å²) in [4.78, 5) is 13.9. The van der Waals surface area contributed by atoms with Crippen molar-refractivity contribution in [3.05, 3.63) is 113 Å². The number of nitriles is 1. The van der Waals surface area contributed by atoms with E-state index in [9.17, 15) is 10.1 Å². The van der Waals surface area contributed by atoms with Gasteiger partial charge in [0.1, 0.15) is 17.4 Å². The summed E-state index contributed by atoms with van der Waals surface area (Å²) in [5, 5.41) is 9.90. The van der Waals surface area contributed by atoms with Gasteiger partial charge in [-0.3, -0.25) is 4.79 Å². The molecular weight excluding hydrogens is 376 g/mol. The number of Topliss-reactive ketones (excluding diaryl/α,β-unsaturated/α-hetero) is 1. The van der Waals surface area contributed by atoms with Crippen LogP contribution >= 0.6 is 0 Å². The molecule has 0 saturated heterocycles. The van der Waals surface area contributed by atoms with Gasteiger partial charge in [0.15, 0.2) is 0 Å². The van der Waals surface area contributed by atoms with E-state index in [2.05, 4.69) is 6.07 Å². The number of methoxy groups -OCH3 is 1. The predicted molar refractivity (Wildman–Crippen MR) is 113 cm³/mol. The summed E-state index contributed by atoms with van der Waals surface area (Å²) in [6.07, 6.45) is 0. The van der Waals surface area contributed by atoms with Crippen LogP contribution in [0.3, 0.4) is 0 Å². The third kappa shape index (κ3) is 2.99. The van der Waals surface area contributed by atoms with Crippen LogP contribution in [-0.4, -0.2) is 12.9 Å². The third-order valence-corrected chi connectivity index (χ3v) is 5.38. The van der Waals surface area contributed by atoms with Gasteiger partial charge in [0.05, 0.1) is 13.0 Å². The topological polar surface area (TPSA) is 85.3 Å². The van der Waals surface area contributed by atoms with Crippen LogP contribution in [0.4, 0.5) is 0 Å². The van der Waals surface area contributed by atoms with Gasteiger partial charge < -0.3 is 15.2 Å². The highest BCUT2D eigenvalue weighted by Gasteiger charge is 2.57. The van der Waals surface area contributed by atoms with Gasteiger partial charge in [-0.25, -0.2) is 0 Å². The summed E-state index contributed by atoms with van der Waals surface area (Å²) in [6.45, 7) is 0. The quantitative estimate of drug-likeness (QED) is 0.651. The Kier molecular flexibility index (Phi) is 4.99. The van der Waals surface area contributed by atoms with E-state index < -0.39 is 11.5 Å². The number of ether oxygens (including phenoxy) is 2. The van der Waals surface area contributed by atoms with Crippen molar-refractivity contribution in [1.29, 1.82) is 5.26 Å². The SMILES string of the molecule is COc1ccc([C@H]2C(C#N)=C(N)O[C@@]2(C(=O)c2ccccc2)c2ccccc2)cc1. The highest BCUT2D eigenvalue weighted by atomic mass is 16.5. The van der Waals surface area contributed by atoms with Crippen LogP contribution in [0.1, 0.15) is 27.4 Å². The fraction of sp³-hybridized carbons (Fsp3) is 0.120. The van der Waals surface area contributed by atoms with Crippen molar-refractivity contribution >= 4 is 5.78 Å². The minimum atomic E-state index is -1.49. The van der Waals surface area contributed by atoms with Crippen LogP contribution in [0.25, 0.3) is 0 Å². The maximum absolute atomic E-state index is 13.9. The standard InChI is InChI=1S/C25H20N2O3/c1-29-20-14-12-17(13-15-20)22-21(16-26)24(27)30-25(22,19-10-6-3-7-11-19)23(28)18-8-4-2-5-9-18/h2-15,22H,27H2,1H3/t22-,25-/m0/s1. The van der Waals surface area contributed by atoms with Crippen molar-refractivity contribution in [2.75, 3.05) is 7.11 Å². The summed E-state index contributed by atoms with van der Waals surface area (Å²) in [5.41, 5.74) is 6.74. The second-order valence-electron chi connectivity index (χ2n) is 6.99. The second kappa shape index (κ2) is 7.76. The summed E-state index contributed by atoms with van der Waals surface area (Å²) in [6, 6.07) is 27.5. The molecule has 5 heteroatoms. The van der Waals surface area contributed by atoms with Gasteiger partial charge >= 0.3 is 0 Å². The molecule has 5 nitrogen and oxygen atoms in total. The molecule has 0 aliphatic carbocycles. The maximum atomic E-state index is 13.9. The highest BCUT2D eigenvalue weighted by molar-refractivity contribution is 6.04. The first kappa shape index (κ1) is 19.3. The first-order valence-corrected chi connectivity index (χ1v) is 9.50. The number of rotatable bonds is 5. The van der Waals surface area contributed by atoms with Crippen molar-refractivity contribution in [1.82, 2.24) is 0 Å². The van der Waals surface area contributed by atoms with E-state index in [4.69, 9.17) is 15.2 Å². The monoisotopic (exact) mass is 396 g/mol. The van der Waals surface area contributed by atoms with Crippen LogP contribution in [0.2, 0.25) is 0 Å². The number of carbonyl (C=O) groups excluding carboxylic acids is 1. The minimum absolute atomic E-state index is 0.0357. The van der Waals surface area contributed by atoms with E-state index in [0.717, 1.165) is 5.56 Å². The molecule has 1 aliphatic heterocycles. The lowest BCUT2D eigenvalue weighted by atomic mass is 9.71. The first-order valence-electron chi connectivity index (χ1n) is 9.50. The van der Waals surface area contributed by atoms with E-state index in [1.165, 1.54) is 0 Å². The smallest absolute Gasteiger partial charge is 0.212 e. The number of benzene rings is 3. The van der Waals surface area contributed by atoms with Crippen LogP contribution in [0, 0.1) is 11.3 Å². The van der Waals surface area contributed by atoms with Crippen molar-refractivity contribution < 1.29 is 14.3 Å². The Bertz CT molecular complexity index is 1130. The zero-order valence-electron chi connectivity index (χ0n) is 16.4. The first-order chi connectivity index (χ1) is 14.6. The second-order valence-corrected chi connectivity index (χ2v) is 6.99. The fourth-order valence-corrected chi connectivity index (χ4v) is 3.97. The van der Waals surface area contributed by atoms with Gasteiger partial charge in [-0.05, 0) is 17.7 Å². The summed E-state index contributed by atoms with van der Waals surface area (Å²) in [5.74, 6) is -0.328. The molecule has 0 unspecified atom stereocenters. The molecule has 3 aromatic rings. The average Bonchev–Trinajstić information content (AvgIpc) is 3.12. The fourth-order valence-electron chi connectivity index (χ4n) is 3.97. The number of hydrogen-bond acceptors (Lipinski definition) is 5. The molecule has 3 aromatic carbocycles. The Morgan fingerprint density at radius 2 is 1.60 bits per heavy atom. The molecule has 0 spiro atoms. The molecule has 4 rings (SSSR count). The number of nitrogens with two attached hydrogens (primary N) is 1. The molecule has 0 bridgehead atoms. The Hall–Kier alpha value is -4.04. The van der Waals surface area contributed by atoms with Gasteiger partial charge in [-0.1, -0.05) is 72.8 Å². The largest absolute Gasteiger partial charge is 0.497 e. The zero-order valence-corrected chi connectivity index (χ0v) is 16.4. The van der Waals surface area contributed by atoms with Gasteiger partial charge in [0, 0.05) is 11.1 Å². The minimum Gasteiger partial charge on any atom is -0.497 e. The van der Waals surface area contributed by atoms with Crippen LogP contribution in [-0.2, 0) is 10.3 Å². The molecule has 148 valence electrons. The molecule has 2 atom stereocenters. The van der Waals surface area contributed by atoms with E-state index in [-0.39, 0.29) is 17.2 Å². The van der Waals surface area contributed by atoms with Crippen molar-refractivity contribution in [3.63, 3.8) is 0 Å². The van der Waals surface area contributed by atoms with Crippen molar-refractivity contribution in [3.8, 4) is 11.8 Å². The van der Waals surface area contributed by atoms with E-state index >= 15 is 0 Å².